The van der Waals surface area contributed by atoms with Crippen LogP contribution in [0.25, 0.3) is 11.5 Å². The zero-order valence-electron chi connectivity index (χ0n) is 14.9. The van der Waals surface area contributed by atoms with Gasteiger partial charge in [-0.15, -0.1) is 0 Å². The van der Waals surface area contributed by atoms with Crippen LogP contribution in [0.2, 0.25) is 0 Å². The van der Waals surface area contributed by atoms with Crippen molar-refractivity contribution in [3.63, 3.8) is 0 Å². The highest BCUT2D eigenvalue weighted by Crippen LogP contribution is 2.19. The number of ether oxygens (including phenoxy) is 1. The number of nitrogens with one attached hydrogen (secondary N) is 2. The van der Waals surface area contributed by atoms with E-state index in [2.05, 4.69) is 15.0 Å². The minimum Gasteiger partial charge on any atom is -0.469 e. The number of esters is 1. The predicted molar refractivity (Wildman–Crippen MR) is 98.0 cm³/mol. The van der Waals surface area contributed by atoms with Crippen molar-refractivity contribution in [1.29, 1.82) is 0 Å². The molecule has 2 aromatic heterocycles. The molecule has 1 atom stereocenters. The van der Waals surface area contributed by atoms with Crippen LogP contribution in [0.3, 0.4) is 0 Å². The van der Waals surface area contributed by atoms with E-state index in [0.29, 0.717) is 17.0 Å². The number of amides is 1. The van der Waals surface area contributed by atoms with Gasteiger partial charge in [0.2, 0.25) is 0 Å². The number of hydrogen-bond acceptors (Lipinski definition) is 5. The second kappa shape index (κ2) is 8.34. The highest BCUT2D eigenvalue weighted by atomic mass is 19.1. The lowest BCUT2D eigenvalue weighted by Crippen LogP contribution is -2.34. The fourth-order valence-electron chi connectivity index (χ4n) is 2.66. The summed E-state index contributed by atoms with van der Waals surface area (Å²) < 4.78 is 23.0. The second-order valence-corrected chi connectivity index (χ2v) is 5.95. The number of H-pyrrole nitrogens is 1. The molecule has 0 spiro atoms. The van der Waals surface area contributed by atoms with Crippen molar-refractivity contribution in [2.45, 2.75) is 12.5 Å². The van der Waals surface area contributed by atoms with Crippen molar-refractivity contribution in [1.82, 2.24) is 10.3 Å². The first-order valence-electron chi connectivity index (χ1n) is 8.38. The van der Waals surface area contributed by atoms with Crippen molar-refractivity contribution in [2.24, 2.45) is 0 Å². The number of carbonyl (C=O) groups is 2. The SMILES string of the molecule is COC(=O)CC(NC(=O)c1ccc(-c2ccco2)[nH]c1=O)c1ccc(F)cc1. The van der Waals surface area contributed by atoms with E-state index in [1.165, 1.54) is 43.7 Å². The van der Waals surface area contributed by atoms with Crippen LogP contribution in [-0.2, 0) is 9.53 Å². The number of aromatic amines is 1. The Morgan fingerprint density at radius 1 is 1.18 bits per heavy atom. The normalized spacial score (nSPS) is 11.6. The van der Waals surface area contributed by atoms with Crippen LogP contribution in [0.4, 0.5) is 4.39 Å². The lowest BCUT2D eigenvalue weighted by atomic mass is 10.0. The van der Waals surface area contributed by atoms with E-state index in [1.54, 1.807) is 18.2 Å². The van der Waals surface area contributed by atoms with Gasteiger partial charge in [0.15, 0.2) is 0 Å². The van der Waals surface area contributed by atoms with Gasteiger partial charge >= 0.3 is 5.97 Å². The first-order valence-corrected chi connectivity index (χ1v) is 8.38. The summed E-state index contributed by atoms with van der Waals surface area (Å²) in [6, 6.07) is 10.8. The van der Waals surface area contributed by atoms with E-state index in [-0.39, 0.29) is 12.0 Å². The number of furan rings is 1. The molecule has 28 heavy (non-hydrogen) atoms. The highest BCUT2D eigenvalue weighted by Gasteiger charge is 2.21. The Morgan fingerprint density at radius 3 is 2.54 bits per heavy atom. The van der Waals surface area contributed by atoms with Gasteiger partial charge in [0.05, 0.1) is 31.5 Å². The first-order chi connectivity index (χ1) is 13.5. The highest BCUT2D eigenvalue weighted by molar-refractivity contribution is 5.94. The maximum atomic E-state index is 13.2. The molecule has 3 aromatic rings. The van der Waals surface area contributed by atoms with E-state index in [0.717, 1.165) is 0 Å². The molecule has 1 aromatic carbocycles. The predicted octanol–water partition coefficient (Wildman–Crippen LogP) is 2.81. The number of benzene rings is 1. The van der Waals surface area contributed by atoms with Crippen LogP contribution in [0, 0.1) is 5.82 Å². The van der Waals surface area contributed by atoms with E-state index < -0.39 is 29.3 Å². The summed E-state index contributed by atoms with van der Waals surface area (Å²) in [4.78, 5) is 39.2. The minimum atomic E-state index is -0.787. The minimum absolute atomic E-state index is 0.132. The molecule has 0 fully saturated rings. The van der Waals surface area contributed by atoms with Crippen molar-refractivity contribution in [3.8, 4) is 11.5 Å². The molecule has 8 heteroatoms. The summed E-state index contributed by atoms with van der Waals surface area (Å²) in [5.41, 5.74) is 0.189. The van der Waals surface area contributed by atoms with Gasteiger partial charge in [-0.2, -0.15) is 0 Å². The fourth-order valence-corrected chi connectivity index (χ4v) is 2.66. The summed E-state index contributed by atoms with van der Waals surface area (Å²) in [6.45, 7) is 0. The monoisotopic (exact) mass is 384 g/mol. The van der Waals surface area contributed by atoms with E-state index in [9.17, 15) is 18.8 Å². The molecule has 0 aliphatic carbocycles. The van der Waals surface area contributed by atoms with Gasteiger partial charge in [-0.1, -0.05) is 12.1 Å². The van der Waals surface area contributed by atoms with E-state index in [1.807, 2.05) is 0 Å². The van der Waals surface area contributed by atoms with Gasteiger partial charge in [0, 0.05) is 0 Å². The summed E-state index contributed by atoms with van der Waals surface area (Å²) in [7, 11) is 1.23. The molecular formula is C20H17FN2O5. The van der Waals surface area contributed by atoms with Gasteiger partial charge in [-0.3, -0.25) is 14.4 Å². The summed E-state index contributed by atoms with van der Waals surface area (Å²) >= 11 is 0. The molecule has 3 rings (SSSR count). The smallest absolute Gasteiger partial charge is 0.307 e. The van der Waals surface area contributed by atoms with Crippen LogP contribution in [0.15, 0.2) is 64.0 Å². The van der Waals surface area contributed by atoms with Crippen molar-refractivity contribution < 1.29 is 23.1 Å². The lowest BCUT2D eigenvalue weighted by molar-refractivity contribution is -0.141. The molecule has 0 aliphatic heterocycles. The van der Waals surface area contributed by atoms with E-state index >= 15 is 0 Å². The molecule has 0 bridgehead atoms. The van der Waals surface area contributed by atoms with E-state index in [4.69, 9.17) is 4.42 Å². The molecule has 0 saturated carbocycles. The van der Waals surface area contributed by atoms with Crippen LogP contribution >= 0.6 is 0 Å². The summed E-state index contributed by atoms with van der Waals surface area (Å²) in [6.07, 6.45) is 1.30. The third-order valence-corrected chi connectivity index (χ3v) is 4.12. The number of aromatic nitrogens is 1. The van der Waals surface area contributed by atoms with Crippen molar-refractivity contribution in [2.75, 3.05) is 7.11 Å². The van der Waals surface area contributed by atoms with Gasteiger partial charge in [-0.05, 0) is 42.0 Å². The average molecular weight is 384 g/mol. The fraction of sp³-hybridized carbons (Fsp3) is 0.150. The van der Waals surface area contributed by atoms with Gasteiger partial charge in [-0.25, -0.2) is 4.39 Å². The zero-order valence-corrected chi connectivity index (χ0v) is 14.9. The Kier molecular flexibility index (Phi) is 5.69. The molecular weight excluding hydrogens is 367 g/mol. The first kappa shape index (κ1) is 19.1. The maximum absolute atomic E-state index is 13.2. The number of hydrogen-bond donors (Lipinski definition) is 2. The Morgan fingerprint density at radius 2 is 1.93 bits per heavy atom. The number of halogens is 1. The standard InChI is InChI=1S/C20H17FN2O5/c1-27-18(24)11-16(12-4-6-13(21)7-5-12)23-20(26)14-8-9-15(22-19(14)25)17-3-2-10-28-17/h2-10,16H,11H2,1H3,(H,22,25)(H,23,26). The average Bonchev–Trinajstić information content (AvgIpc) is 3.22. The molecule has 2 N–H and O–H groups in total. The zero-order chi connectivity index (χ0) is 20.1. The number of rotatable bonds is 6. The maximum Gasteiger partial charge on any atom is 0.307 e. The van der Waals surface area contributed by atoms with Gasteiger partial charge in [0.1, 0.15) is 17.1 Å². The molecule has 2 heterocycles. The third kappa shape index (κ3) is 4.35. The number of pyridine rings is 1. The van der Waals surface area contributed by atoms with Crippen molar-refractivity contribution >= 4 is 11.9 Å². The van der Waals surface area contributed by atoms with Gasteiger partial charge < -0.3 is 19.5 Å². The molecule has 1 unspecified atom stereocenters. The second-order valence-electron chi connectivity index (χ2n) is 5.95. The Hall–Kier alpha value is -3.68. The van der Waals surface area contributed by atoms with Crippen LogP contribution in [0.5, 0.6) is 0 Å². The molecule has 144 valence electrons. The number of carbonyl (C=O) groups excluding carboxylic acids is 2. The molecule has 0 saturated heterocycles. The Labute approximate surface area is 159 Å². The lowest BCUT2D eigenvalue weighted by Gasteiger charge is -2.18. The third-order valence-electron chi connectivity index (χ3n) is 4.12. The van der Waals surface area contributed by atoms with Crippen LogP contribution < -0.4 is 10.9 Å². The molecule has 1 amide bonds. The van der Waals surface area contributed by atoms with Crippen LogP contribution in [0.1, 0.15) is 28.4 Å². The van der Waals surface area contributed by atoms with Gasteiger partial charge in [0.25, 0.3) is 11.5 Å². The Bertz CT molecular complexity index is 1030. The Balaban J connectivity index is 1.84. The molecule has 0 radical (unpaired) electrons. The molecule has 0 aliphatic rings. The number of methoxy groups -OCH3 is 1. The van der Waals surface area contributed by atoms with Crippen LogP contribution in [-0.4, -0.2) is 24.0 Å². The topological polar surface area (TPSA) is 101 Å². The largest absolute Gasteiger partial charge is 0.469 e. The molecule has 7 nitrogen and oxygen atoms in total. The summed E-state index contributed by atoms with van der Waals surface area (Å²) in [5, 5.41) is 2.62. The van der Waals surface area contributed by atoms with Crippen molar-refractivity contribution in [3.05, 3.63) is 82.1 Å². The quantitative estimate of drug-likeness (QED) is 0.637. The summed E-state index contributed by atoms with van der Waals surface area (Å²) in [5.74, 6) is -1.22.